The Labute approximate surface area is 187 Å². The van der Waals surface area contributed by atoms with Crippen LogP contribution in [0.25, 0.3) is 0 Å². The van der Waals surface area contributed by atoms with E-state index in [2.05, 4.69) is 29.8 Å². The first-order chi connectivity index (χ1) is 14.9. The van der Waals surface area contributed by atoms with Crippen LogP contribution in [0.2, 0.25) is 0 Å². The van der Waals surface area contributed by atoms with Gasteiger partial charge in [-0.25, -0.2) is 4.79 Å². The van der Waals surface area contributed by atoms with Gasteiger partial charge in [-0.3, -0.25) is 14.5 Å². The highest BCUT2D eigenvalue weighted by Crippen LogP contribution is 2.29. The van der Waals surface area contributed by atoms with E-state index in [9.17, 15) is 14.4 Å². The number of thioether (sulfide) groups is 1. The minimum atomic E-state index is -0.720. The third kappa shape index (κ3) is 5.79. The fourth-order valence-corrected chi connectivity index (χ4v) is 3.80. The standard InChI is InChI=1S/C23H28N4O3S/c1-15(2)16-8-10-17(11-9-16)24-22(29)19(12-13-31-3)26-23(30)27-14-21(28)25-18-6-4-5-7-20(18)27/h4-11,15,19H,12-14H2,1-3H3,(H,24,29)(H,25,28)(H,26,30)/t19-/m0/s1. The first-order valence-corrected chi connectivity index (χ1v) is 11.6. The van der Waals surface area contributed by atoms with E-state index in [1.165, 1.54) is 10.5 Å². The van der Waals surface area contributed by atoms with Gasteiger partial charge in [-0.1, -0.05) is 38.1 Å². The van der Waals surface area contributed by atoms with Gasteiger partial charge in [0, 0.05) is 5.69 Å². The molecule has 0 saturated carbocycles. The SMILES string of the molecule is CSCC[C@H](NC(=O)N1CC(=O)Nc2ccccc21)C(=O)Nc1ccc(C(C)C)cc1. The van der Waals surface area contributed by atoms with E-state index in [1.54, 1.807) is 36.0 Å². The van der Waals surface area contributed by atoms with Crippen LogP contribution in [-0.2, 0) is 9.59 Å². The summed E-state index contributed by atoms with van der Waals surface area (Å²) in [6.45, 7) is 4.12. The molecule has 2 aromatic carbocycles. The Bertz CT molecular complexity index is 946. The molecule has 164 valence electrons. The van der Waals surface area contributed by atoms with E-state index in [0.717, 1.165) is 0 Å². The van der Waals surface area contributed by atoms with Crippen LogP contribution < -0.4 is 20.9 Å². The van der Waals surface area contributed by atoms with Crippen LogP contribution in [0.1, 0.15) is 31.7 Å². The smallest absolute Gasteiger partial charge is 0.323 e. The monoisotopic (exact) mass is 440 g/mol. The number of benzene rings is 2. The molecule has 0 spiro atoms. The lowest BCUT2D eigenvalue weighted by Gasteiger charge is -2.30. The van der Waals surface area contributed by atoms with Crippen LogP contribution in [0.3, 0.4) is 0 Å². The number of para-hydroxylation sites is 2. The zero-order valence-corrected chi connectivity index (χ0v) is 18.8. The van der Waals surface area contributed by atoms with Crippen molar-refractivity contribution < 1.29 is 14.4 Å². The number of hydrogen-bond acceptors (Lipinski definition) is 4. The lowest BCUT2D eigenvalue weighted by atomic mass is 10.0. The van der Waals surface area contributed by atoms with Gasteiger partial charge >= 0.3 is 6.03 Å². The van der Waals surface area contributed by atoms with Crippen LogP contribution >= 0.6 is 11.8 Å². The first kappa shape index (κ1) is 22.7. The van der Waals surface area contributed by atoms with E-state index in [1.807, 2.05) is 30.5 Å². The number of carbonyl (C=O) groups excluding carboxylic acids is 3. The highest BCUT2D eigenvalue weighted by Gasteiger charge is 2.29. The van der Waals surface area contributed by atoms with Crippen LogP contribution in [-0.4, -0.2) is 42.4 Å². The average molecular weight is 441 g/mol. The molecule has 31 heavy (non-hydrogen) atoms. The van der Waals surface area contributed by atoms with Crippen molar-refractivity contribution in [3.8, 4) is 0 Å². The Balaban J connectivity index is 1.72. The van der Waals surface area contributed by atoms with E-state index in [-0.39, 0.29) is 18.4 Å². The van der Waals surface area contributed by atoms with Gasteiger partial charge in [-0.2, -0.15) is 11.8 Å². The number of hydrogen-bond donors (Lipinski definition) is 3. The minimum Gasteiger partial charge on any atom is -0.326 e. The molecule has 1 heterocycles. The summed E-state index contributed by atoms with van der Waals surface area (Å²) in [7, 11) is 0. The van der Waals surface area contributed by atoms with Crippen LogP contribution in [0.15, 0.2) is 48.5 Å². The second-order valence-electron chi connectivity index (χ2n) is 7.70. The zero-order chi connectivity index (χ0) is 22.4. The molecule has 7 nitrogen and oxygen atoms in total. The lowest BCUT2D eigenvalue weighted by molar-refractivity contribution is -0.118. The third-order valence-corrected chi connectivity index (χ3v) is 5.73. The quantitative estimate of drug-likeness (QED) is 0.606. The number of amides is 4. The van der Waals surface area contributed by atoms with Crippen molar-refractivity contribution in [2.24, 2.45) is 0 Å². The largest absolute Gasteiger partial charge is 0.326 e. The molecule has 4 amide bonds. The predicted octanol–water partition coefficient (Wildman–Crippen LogP) is 4.04. The summed E-state index contributed by atoms with van der Waals surface area (Å²) in [4.78, 5) is 39.3. The van der Waals surface area contributed by atoms with Crippen molar-refractivity contribution in [2.45, 2.75) is 32.2 Å². The third-order valence-electron chi connectivity index (χ3n) is 5.09. The fraction of sp³-hybridized carbons (Fsp3) is 0.348. The lowest BCUT2D eigenvalue weighted by Crippen LogP contribution is -2.53. The Morgan fingerprint density at radius 2 is 1.84 bits per heavy atom. The van der Waals surface area contributed by atoms with E-state index in [4.69, 9.17) is 0 Å². The maximum atomic E-state index is 13.0. The zero-order valence-electron chi connectivity index (χ0n) is 18.0. The summed E-state index contributed by atoms with van der Waals surface area (Å²) in [5.74, 6) is 0.559. The van der Waals surface area contributed by atoms with Crippen molar-refractivity contribution in [3.63, 3.8) is 0 Å². The van der Waals surface area contributed by atoms with Crippen molar-refractivity contribution in [1.29, 1.82) is 0 Å². The molecule has 0 aliphatic carbocycles. The Morgan fingerprint density at radius 1 is 1.13 bits per heavy atom. The fourth-order valence-electron chi connectivity index (χ4n) is 3.33. The molecule has 1 aliphatic heterocycles. The molecule has 3 N–H and O–H groups in total. The maximum absolute atomic E-state index is 13.0. The van der Waals surface area contributed by atoms with Crippen LogP contribution in [0, 0.1) is 0 Å². The molecule has 0 saturated heterocycles. The summed E-state index contributed by atoms with van der Waals surface area (Å²) >= 11 is 1.60. The number of nitrogens with one attached hydrogen (secondary N) is 3. The second-order valence-corrected chi connectivity index (χ2v) is 8.69. The topological polar surface area (TPSA) is 90.5 Å². The van der Waals surface area contributed by atoms with Crippen LogP contribution in [0.5, 0.6) is 0 Å². The summed E-state index contributed by atoms with van der Waals surface area (Å²) in [5, 5.41) is 8.46. The molecule has 0 bridgehead atoms. The highest BCUT2D eigenvalue weighted by molar-refractivity contribution is 7.98. The van der Waals surface area contributed by atoms with Gasteiger partial charge in [-0.15, -0.1) is 0 Å². The van der Waals surface area contributed by atoms with Crippen LogP contribution in [0.4, 0.5) is 21.9 Å². The van der Waals surface area contributed by atoms with Gasteiger partial charge < -0.3 is 16.0 Å². The maximum Gasteiger partial charge on any atom is 0.323 e. The van der Waals surface area contributed by atoms with Gasteiger partial charge in [0.1, 0.15) is 12.6 Å². The molecule has 0 unspecified atom stereocenters. The van der Waals surface area contributed by atoms with Gasteiger partial charge in [0.2, 0.25) is 11.8 Å². The predicted molar refractivity (Wildman–Crippen MR) is 127 cm³/mol. The number of rotatable bonds is 7. The summed E-state index contributed by atoms with van der Waals surface area (Å²) in [6, 6.07) is 13.6. The Hall–Kier alpha value is -3.00. The molecule has 3 rings (SSSR count). The average Bonchev–Trinajstić information content (AvgIpc) is 2.76. The van der Waals surface area contributed by atoms with Crippen molar-refractivity contribution in [3.05, 3.63) is 54.1 Å². The number of urea groups is 1. The molecular weight excluding hydrogens is 412 g/mol. The molecule has 1 atom stereocenters. The second kappa shape index (κ2) is 10.3. The molecule has 2 aromatic rings. The Kier molecular flexibility index (Phi) is 7.57. The highest BCUT2D eigenvalue weighted by atomic mass is 32.2. The van der Waals surface area contributed by atoms with Gasteiger partial charge in [0.25, 0.3) is 0 Å². The first-order valence-electron chi connectivity index (χ1n) is 10.3. The summed E-state index contributed by atoms with van der Waals surface area (Å²) in [5.41, 5.74) is 3.05. The number of fused-ring (bicyclic) bond motifs is 1. The number of anilines is 3. The molecule has 0 radical (unpaired) electrons. The van der Waals surface area contributed by atoms with E-state index >= 15 is 0 Å². The number of carbonyl (C=O) groups is 3. The van der Waals surface area contributed by atoms with E-state index in [0.29, 0.717) is 35.2 Å². The van der Waals surface area contributed by atoms with Crippen molar-refractivity contribution in [1.82, 2.24) is 5.32 Å². The molecule has 0 fully saturated rings. The molecule has 1 aliphatic rings. The number of nitrogens with zero attached hydrogens (tertiary/aromatic N) is 1. The summed E-state index contributed by atoms with van der Waals surface area (Å²) < 4.78 is 0. The molecule has 8 heteroatoms. The van der Waals surface area contributed by atoms with Gasteiger partial charge in [-0.05, 0) is 54.2 Å². The van der Waals surface area contributed by atoms with E-state index < -0.39 is 12.1 Å². The van der Waals surface area contributed by atoms with Crippen molar-refractivity contribution >= 4 is 46.7 Å². The summed E-state index contributed by atoms with van der Waals surface area (Å²) in [6.07, 6.45) is 2.43. The molecule has 0 aromatic heterocycles. The minimum absolute atomic E-state index is 0.101. The van der Waals surface area contributed by atoms with Gasteiger partial charge in [0.15, 0.2) is 0 Å². The normalized spacial score (nSPS) is 13.9. The Morgan fingerprint density at radius 3 is 2.52 bits per heavy atom. The van der Waals surface area contributed by atoms with Crippen molar-refractivity contribution in [2.75, 3.05) is 34.1 Å². The van der Waals surface area contributed by atoms with Gasteiger partial charge in [0.05, 0.1) is 11.4 Å². The molecular formula is C23H28N4O3S.